The molecule has 0 radical (unpaired) electrons. The van der Waals surface area contributed by atoms with Crippen LogP contribution in [-0.2, 0) is 11.2 Å². The average molecular weight is 305 g/mol. The molecule has 0 bridgehead atoms. The molecule has 0 saturated carbocycles. The maximum absolute atomic E-state index is 12.8. The number of carbonyl (C=O) groups excluding carboxylic acids is 1. The van der Waals surface area contributed by atoms with Crippen molar-refractivity contribution in [2.24, 2.45) is 5.92 Å². The monoisotopic (exact) mass is 305 g/mol. The number of halogens is 1. The van der Waals surface area contributed by atoms with Gasteiger partial charge in [-0.1, -0.05) is 32.0 Å². The fourth-order valence-electron chi connectivity index (χ4n) is 2.19. The van der Waals surface area contributed by atoms with Gasteiger partial charge in [-0.05, 0) is 41.5 Å². The van der Waals surface area contributed by atoms with Crippen LogP contribution in [0.25, 0.3) is 0 Å². The number of carbonyl (C=O) groups is 1. The summed E-state index contributed by atoms with van der Waals surface area (Å²) in [4.78, 5) is 13.3. The standard InChI is InChI=1S/C17H20FNOS/c1-12(2)17(15-4-3-11-21-15)19-16(20)10-7-13-5-8-14(18)9-6-13/h3-6,8-9,11-12,17H,7,10H2,1-2H3,(H,19,20)/t17-/m1/s1. The van der Waals surface area contributed by atoms with Gasteiger partial charge in [-0.3, -0.25) is 4.79 Å². The molecule has 112 valence electrons. The number of nitrogens with one attached hydrogen (secondary N) is 1. The first-order chi connectivity index (χ1) is 10.1. The number of hydrogen-bond acceptors (Lipinski definition) is 2. The molecule has 1 aromatic carbocycles. The quantitative estimate of drug-likeness (QED) is 0.845. The van der Waals surface area contributed by atoms with Crippen molar-refractivity contribution in [1.29, 1.82) is 0 Å². The lowest BCUT2D eigenvalue weighted by Crippen LogP contribution is -2.31. The van der Waals surface area contributed by atoms with Crippen LogP contribution in [-0.4, -0.2) is 5.91 Å². The lowest BCUT2D eigenvalue weighted by Gasteiger charge is -2.21. The van der Waals surface area contributed by atoms with Gasteiger partial charge < -0.3 is 5.32 Å². The Morgan fingerprint density at radius 1 is 1.24 bits per heavy atom. The SMILES string of the molecule is CC(C)[C@@H](NC(=O)CCc1ccc(F)cc1)c1cccs1. The lowest BCUT2D eigenvalue weighted by atomic mass is 10.0. The van der Waals surface area contributed by atoms with Crippen LogP contribution < -0.4 is 5.32 Å². The smallest absolute Gasteiger partial charge is 0.220 e. The molecule has 21 heavy (non-hydrogen) atoms. The molecule has 0 aliphatic heterocycles. The molecule has 1 heterocycles. The van der Waals surface area contributed by atoms with Gasteiger partial charge in [-0.15, -0.1) is 11.3 Å². The van der Waals surface area contributed by atoms with E-state index in [1.54, 1.807) is 23.5 Å². The fraction of sp³-hybridized carbons (Fsp3) is 0.353. The third-order valence-corrected chi connectivity index (χ3v) is 4.34. The zero-order chi connectivity index (χ0) is 15.2. The van der Waals surface area contributed by atoms with E-state index < -0.39 is 0 Å². The molecular weight excluding hydrogens is 285 g/mol. The van der Waals surface area contributed by atoms with Gasteiger partial charge in [-0.2, -0.15) is 0 Å². The molecule has 1 N–H and O–H groups in total. The highest BCUT2D eigenvalue weighted by Crippen LogP contribution is 2.25. The van der Waals surface area contributed by atoms with Crippen molar-refractivity contribution in [3.05, 3.63) is 58.0 Å². The Morgan fingerprint density at radius 3 is 2.52 bits per heavy atom. The van der Waals surface area contributed by atoms with Crippen LogP contribution in [0.3, 0.4) is 0 Å². The molecule has 1 atom stereocenters. The number of hydrogen-bond donors (Lipinski definition) is 1. The maximum Gasteiger partial charge on any atom is 0.220 e. The van der Waals surface area contributed by atoms with E-state index in [0.29, 0.717) is 18.8 Å². The minimum absolute atomic E-state index is 0.0337. The lowest BCUT2D eigenvalue weighted by molar-refractivity contribution is -0.122. The van der Waals surface area contributed by atoms with E-state index in [9.17, 15) is 9.18 Å². The summed E-state index contributed by atoms with van der Waals surface area (Å²) >= 11 is 1.66. The van der Waals surface area contributed by atoms with Crippen LogP contribution >= 0.6 is 11.3 Å². The summed E-state index contributed by atoms with van der Waals surface area (Å²) in [5.74, 6) is 0.130. The van der Waals surface area contributed by atoms with Crippen LogP contribution in [0.5, 0.6) is 0 Å². The van der Waals surface area contributed by atoms with E-state index in [2.05, 4.69) is 25.2 Å². The Bertz CT molecular complexity index is 563. The normalized spacial score (nSPS) is 12.4. The highest BCUT2D eigenvalue weighted by molar-refractivity contribution is 7.10. The summed E-state index contributed by atoms with van der Waals surface area (Å²) in [6.45, 7) is 4.20. The Labute approximate surface area is 129 Å². The Hall–Kier alpha value is -1.68. The van der Waals surface area contributed by atoms with Crippen molar-refractivity contribution < 1.29 is 9.18 Å². The molecule has 2 aromatic rings. The number of rotatable bonds is 6. The van der Waals surface area contributed by atoms with Crippen molar-refractivity contribution in [1.82, 2.24) is 5.32 Å². The molecule has 1 aromatic heterocycles. The zero-order valence-electron chi connectivity index (χ0n) is 12.3. The molecule has 4 heteroatoms. The molecule has 0 aliphatic carbocycles. The number of benzene rings is 1. The van der Waals surface area contributed by atoms with Gasteiger partial charge in [0.05, 0.1) is 6.04 Å². The molecule has 0 aliphatic rings. The summed E-state index contributed by atoms with van der Waals surface area (Å²) in [5, 5.41) is 5.12. The van der Waals surface area contributed by atoms with E-state index >= 15 is 0 Å². The predicted molar refractivity (Wildman–Crippen MR) is 84.8 cm³/mol. The first-order valence-corrected chi connectivity index (χ1v) is 8.01. The van der Waals surface area contributed by atoms with Gasteiger partial charge in [-0.25, -0.2) is 4.39 Å². The molecule has 0 fully saturated rings. The van der Waals surface area contributed by atoms with Crippen molar-refractivity contribution in [2.45, 2.75) is 32.7 Å². The van der Waals surface area contributed by atoms with E-state index in [4.69, 9.17) is 0 Å². The van der Waals surface area contributed by atoms with Gasteiger partial charge >= 0.3 is 0 Å². The molecule has 0 spiro atoms. The summed E-state index contributed by atoms with van der Waals surface area (Å²) < 4.78 is 12.8. The zero-order valence-corrected chi connectivity index (χ0v) is 13.1. The second-order valence-electron chi connectivity index (χ2n) is 5.43. The van der Waals surface area contributed by atoms with E-state index in [1.165, 1.54) is 17.0 Å². The van der Waals surface area contributed by atoms with Gasteiger partial charge in [0.1, 0.15) is 5.82 Å². The number of thiophene rings is 1. The predicted octanol–water partition coefficient (Wildman–Crippen LogP) is 4.33. The largest absolute Gasteiger partial charge is 0.348 e. The van der Waals surface area contributed by atoms with Crippen LogP contribution in [0.2, 0.25) is 0 Å². The fourth-order valence-corrected chi connectivity index (χ4v) is 3.14. The topological polar surface area (TPSA) is 29.1 Å². The van der Waals surface area contributed by atoms with Crippen LogP contribution in [0.1, 0.15) is 36.8 Å². The highest BCUT2D eigenvalue weighted by Gasteiger charge is 2.18. The summed E-state index contributed by atoms with van der Waals surface area (Å²) in [5.41, 5.74) is 0.976. The van der Waals surface area contributed by atoms with Crippen LogP contribution in [0.15, 0.2) is 41.8 Å². The van der Waals surface area contributed by atoms with E-state index in [0.717, 1.165) is 5.56 Å². The van der Waals surface area contributed by atoms with Crippen molar-refractivity contribution in [2.75, 3.05) is 0 Å². The summed E-state index contributed by atoms with van der Waals surface area (Å²) in [6.07, 6.45) is 1.04. The molecule has 1 amide bonds. The Morgan fingerprint density at radius 2 is 1.95 bits per heavy atom. The van der Waals surface area contributed by atoms with Gasteiger partial charge in [0.25, 0.3) is 0 Å². The van der Waals surface area contributed by atoms with Gasteiger partial charge in [0, 0.05) is 11.3 Å². The number of amides is 1. The molecule has 2 rings (SSSR count). The Kier molecular flexibility index (Phi) is 5.51. The van der Waals surface area contributed by atoms with Crippen molar-refractivity contribution in [3.63, 3.8) is 0 Å². The van der Waals surface area contributed by atoms with Crippen LogP contribution in [0.4, 0.5) is 4.39 Å². The molecule has 2 nitrogen and oxygen atoms in total. The van der Waals surface area contributed by atoms with Gasteiger partial charge in [0.15, 0.2) is 0 Å². The minimum Gasteiger partial charge on any atom is -0.348 e. The summed E-state index contributed by atoms with van der Waals surface area (Å²) in [7, 11) is 0. The van der Waals surface area contributed by atoms with Gasteiger partial charge in [0.2, 0.25) is 5.91 Å². The first-order valence-electron chi connectivity index (χ1n) is 7.13. The third kappa shape index (κ3) is 4.67. The van der Waals surface area contributed by atoms with Crippen molar-refractivity contribution >= 4 is 17.2 Å². The average Bonchev–Trinajstić information content (AvgIpc) is 2.97. The van der Waals surface area contributed by atoms with Crippen molar-refractivity contribution in [3.8, 4) is 0 Å². The minimum atomic E-state index is -0.249. The molecule has 0 unspecified atom stereocenters. The number of aryl methyl sites for hydroxylation is 1. The molecule has 0 saturated heterocycles. The first kappa shape index (κ1) is 15.7. The summed E-state index contributed by atoms with van der Waals surface area (Å²) in [6, 6.07) is 10.4. The second kappa shape index (κ2) is 7.36. The van der Waals surface area contributed by atoms with Crippen LogP contribution in [0, 0.1) is 11.7 Å². The third-order valence-electron chi connectivity index (χ3n) is 3.39. The van der Waals surface area contributed by atoms with E-state index in [-0.39, 0.29) is 17.8 Å². The Balaban J connectivity index is 1.89. The van der Waals surface area contributed by atoms with E-state index in [1.807, 2.05) is 11.4 Å². The maximum atomic E-state index is 12.8. The molecular formula is C17H20FNOS. The highest BCUT2D eigenvalue weighted by atomic mass is 32.1. The second-order valence-corrected chi connectivity index (χ2v) is 6.41.